The Morgan fingerprint density at radius 1 is 1.27 bits per heavy atom. The van der Waals surface area contributed by atoms with Crippen LogP contribution in [0, 0.1) is 0 Å². The lowest BCUT2D eigenvalue weighted by atomic mass is 9.98. The summed E-state index contributed by atoms with van der Waals surface area (Å²) >= 11 is 0. The molecule has 0 radical (unpaired) electrons. The molecule has 0 aromatic heterocycles. The number of rotatable bonds is 5. The van der Waals surface area contributed by atoms with Crippen LogP contribution < -0.4 is 0 Å². The Morgan fingerprint density at radius 2 is 1.95 bits per heavy atom. The molecule has 1 aliphatic rings. The zero-order chi connectivity index (χ0) is 16.2. The molecule has 0 saturated heterocycles. The monoisotopic (exact) mass is 323 g/mol. The van der Waals surface area contributed by atoms with Crippen LogP contribution >= 0.6 is 0 Å². The van der Waals surface area contributed by atoms with Crippen LogP contribution in [0.15, 0.2) is 42.5 Å². The van der Waals surface area contributed by atoms with Gasteiger partial charge in [-0.1, -0.05) is 42.5 Å². The van der Waals surface area contributed by atoms with Crippen molar-refractivity contribution >= 4 is 11.0 Å². The third kappa shape index (κ3) is 4.04. The Morgan fingerprint density at radius 3 is 2.55 bits per heavy atom. The van der Waals surface area contributed by atoms with Crippen molar-refractivity contribution in [2.45, 2.75) is 37.7 Å². The quantitative estimate of drug-likeness (QED) is 0.617. The highest BCUT2D eigenvalue weighted by atomic mass is 32.2. The van der Waals surface area contributed by atoms with E-state index in [-0.39, 0.29) is 23.7 Å². The molecule has 2 rings (SSSR count). The van der Waals surface area contributed by atoms with Crippen molar-refractivity contribution in [2.24, 2.45) is 0 Å². The number of hydrogen-bond donors (Lipinski definition) is 0. The Balaban J connectivity index is 2.35. The van der Waals surface area contributed by atoms with Crippen molar-refractivity contribution in [3.63, 3.8) is 0 Å². The Bertz CT molecular complexity index is 524. The average molecular weight is 323 g/mol. The second-order valence-corrected chi connectivity index (χ2v) is 8.47. The molecule has 1 heterocycles. The highest BCUT2D eigenvalue weighted by Gasteiger charge is 2.37. The van der Waals surface area contributed by atoms with Crippen molar-refractivity contribution in [2.75, 3.05) is 20.4 Å². The minimum atomic E-state index is -1.12. The van der Waals surface area contributed by atoms with Crippen LogP contribution in [0.25, 0.3) is 0 Å². The van der Waals surface area contributed by atoms with Gasteiger partial charge in [-0.2, -0.15) is 0 Å². The van der Waals surface area contributed by atoms with Crippen LogP contribution in [0.2, 0.25) is 0 Å². The van der Waals surface area contributed by atoms with E-state index in [1.807, 2.05) is 55.4 Å². The number of nitrogens with zero attached hydrogens (tertiary/aromatic N) is 1. The Labute approximate surface area is 135 Å². The summed E-state index contributed by atoms with van der Waals surface area (Å²) in [5.74, 6) is 0. The summed E-state index contributed by atoms with van der Waals surface area (Å²) in [5, 5.41) is 0. The van der Waals surface area contributed by atoms with Crippen molar-refractivity contribution < 1.29 is 13.7 Å². The summed E-state index contributed by atoms with van der Waals surface area (Å²) in [7, 11) is 0.487. The first-order valence-electron chi connectivity index (χ1n) is 7.46. The summed E-state index contributed by atoms with van der Waals surface area (Å²) in [4.78, 5) is 0. The highest BCUT2D eigenvalue weighted by molar-refractivity contribution is 7.84. The Kier molecular flexibility index (Phi) is 5.92. The minimum absolute atomic E-state index is 0.0820. The van der Waals surface area contributed by atoms with E-state index >= 15 is 0 Å². The molecule has 5 heteroatoms. The molecule has 0 aliphatic carbocycles. The fraction of sp³-hybridized carbons (Fsp3) is 0.529. The predicted molar refractivity (Wildman–Crippen MR) is 89.7 cm³/mol. The van der Waals surface area contributed by atoms with Gasteiger partial charge >= 0.3 is 0 Å². The lowest BCUT2D eigenvalue weighted by Gasteiger charge is -2.40. The van der Waals surface area contributed by atoms with E-state index in [9.17, 15) is 4.21 Å². The molecule has 4 nitrogen and oxygen atoms in total. The van der Waals surface area contributed by atoms with Gasteiger partial charge in [0.25, 0.3) is 0 Å². The molecule has 0 amide bonds. The number of methoxy groups -OCH3 is 1. The number of hydrogen-bond acceptors (Lipinski definition) is 3. The molecule has 1 aromatic carbocycles. The third-order valence-corrected chi connectivity index (χ3v) is 5.34. The van der Waals surface area contributed by atoms with Gasteiger partial charge < -0.3 is 9.47 Å². The molecule has 0 saturated carbocycles. The summed E-state index contributed by atoms with van der Waals surface area (Å²) in [6.45, 7) is 6.85. The first-order chi connectivity index (χ1) is 10.4. The maximum absolute atomic E-state index is 12.9. The van der Waals surface area contributed by atoms with Crippen LogP contribution in [0.1, 0.15) is 32.4 Å². The zero-order valence-corrected chi connectivity index (χ0v) is 14.5. The molecular weight excluding hydrogens is 298 g/mol. The van der Waals surface area contributed by atoms with E-state index in [0.717, 1.165) is 5.56 Å². The lowest BCUT2D eigenvalue weighted by Crippen LogP contribution is -2.46. The first-order valence-corrected chi connectivity index (χ1v) is 8.56. The van der Waals surface area contributed by atoms with E-state index in [4.69, 9.17) is 9.47 Å². The molecule has 0 spiro atoms. The fourth-order valence-corrected chi connectivity index (χ4v) is 3.88. The standard InChI is InChI=1S/C17H25NO3S/c1-17(2,3)22(19)18-12-8-11-15(21-13-20-4)16(18)14-9-6-5-7-10-14/h5-11,15-16H,12-13H2,1-4H3/t15-,16+,22-/m1/s1. The summed E-state index contributed by atoms with van der Waals surface area (Å²) < 4.78 is 25.5. The van der Waals surface area contributed by atoms with Gasteiger partial charge in [0.15, 0.2) is 0 Å². The molecule has 3 atom stereocenters. The van der Waals surface area contributed by atoms with Gasteiger partial charge in [-0.15, -0.1) is 0 Å². The number of ether oxygens (including phenoxy) is 2. The first kappa shape index (κ1) is 17.3. The van der Waals surface area contributed by atoms with Gasteiger partial charge in [-0.25, -0.2) is 8.51 Å². The van der Waals surface area contributed by atoms with Crippen molar-refractivity contribution in [1.82, 2.24) is 4.31 Å². The lowest BCUT2D eigenvalue weighted by molar-refractivity contribution is -0.0757. The van der Waals surface area contributed by atoms with Gasteiger partial charge in [0.2, 0.25) is 0 Å². The molecule has 1 aromatic rings. The van der Waals surface area contributed by atoms with Gasteiger partial charge in [0.1, 0.15) is 17.8 Å². The van der Waals surface area contributed by atoms with Crippen molar-refractivity contribution in [1.29, 1.82) is 0 Å². The molecule has 22 heavy (non-hydrogen) atoms. The van der Waals surface area contributed by atoms with Gasteiger partial charge in [0, 0.05) is 13.7 Å². The van der Waals surface area contributed by atoms with Crippen LogP contribution in [-0.4, -0.2) is 39.8 Å². The average Bonchev–Trinajstić information content (AvgIpc) is 2.51. The molecule has 1 aliphatic heterocycles. The molecular formula is C17H25NO3S. The van der Waals surface area contributed by atoms with E-state index in [1.54, 1.807) is 7.11 Å². The largest absolute Gasteiger partial charge is 0.359 e. The van der Waals surface area contributed by atoms with Crippen LogP contribution in [0.4, 0.5) is 0 Å². The van der Waals surface area contributed by atoms with Gasteiger partial charge in [-0.3, -0.25) is 0 Å². The number of benzene rings is 1. The molecule has 0 N–H and O–H groups in total. The van der Waals surface area contributed by atoms with Gasteiger partial charge in [-0.05, 0) is 26.3 Å². The van der Waals surface area contributed by atoms with Gasteiger partial charge in [0.05, 0.1) is 16.9 Å². The smallest absolute Gasteiger partial charge is 0.147 e. The van der Waals surface area contributed by atoms with Crippen LogP contribution in [0.5, 0.6) is 0 Å². The summed E-state index contributed by atoms with van der Waals surface area (Å²) in [5.41, 5.74) is 1.10. The minimum Gasteiger partial charge on any atom is -0.359 e. The van der Waals surface area contributed by atoms with E-state index in [0.29, 0.717) is 6.54 Å². The second kappa shape index (κ2) is 7.51. The molecule has 122 valence electrons. The maximum atomic E-state index is 12.9. The predicted octanol–water partition coefficient (Wildman–Crippen LogP) is 3.05. The topological polar surface area (TPSA) is 38.8 Å². The van der Waals surface area contributed by atoms with Crippen LogP contribution in [0.3, 0.4) is 0 Å². The highest BCUT2D eigenvalue weighted by Crippen LogP contribution is 2.34. The van der Waals surface area contributed by atoms with Crippen molar-refractivity contribution in [3.05, 3.63) is 48.0 Å². The van der Waals surface area contributed by atoms with E-state index < -0.39 is 11.0 Å². The van der Waals surface area contributed by atoms with E-state index in [1.165, 1.54) is 0 Å². The van der Waals surface area contributed by atoms with Crippen molar-refractivity contribution in [3.8, 4) is 0 Å². The SMILES string of the molecule is COCO[C@@H]1C=CCN([S@](=O)C(C)(C)C)[C@H]1c1ccccc1. The Hall–Kier alpha value is -1.01. The normalized spacial score (nSPS) is 24.4. The second-order valence-electron chi connectivity index (χ2n) is 6.28. The summed E-state index contributed by atoms with van der Waals surface area (Å²) in [6, 6.07) is 10.0. The maximum Gasteiger partial charge on any atom is 0.147 e. The fourth-order valence-electron chi connectivity index (χ4n) is 2.50. The van der Waals surface area contributed by atoms with Crippen LogP contribution in [-0.2, 0) is 20.5 Å². The summed E-state index contributed by atoms with van der Waals surface area (Å²) in [6.07, 6.45) is 3.87. The third-order valence-electron chi connectivity index (χ3n) is 3.49. The van der Waals surface area contributed by atoms with E-state index in [2.05, 4.69) is 12.1 Å². The molecule has 0 fully saturated rings. The molecule has 0 unspecified atom stereocenters. The zero-order valence-electron chi connectivity index (χ0n) is 13.7. The molecule has 0 bridgehead atoms.